The number of rotatable bonds is 53. The number of amides is 1. The molecule has 0 rings (SSSR count). The lowest BCUT2D eigenvalue weighted by Gasteiger charge is -2.30. The number of nitrogens with zero attached hydrogens (tertiary/aromatic N) is 1. The molecule has 0 aromatic heterocycles. The predicted octanol–water partition coefficient (Wildman–Crippen LogP) is 17.9. The number of quaternary nitrogens is 1. The summed E-state index contributed by atoms with van der Waals surface area (Å²) in [4.78, 5) is 39.9. The van der Waals surface area contributed by atoms with E-state index >= 15 is 0 Å². The Balaban J connectivity index is 5.16. The second-order valence-corrected chi connectivity index (χ2v) is 22.6. The summed E-state index contributed by atoms with van der Waals surface area (Å²) in [5, 5.41) is 3.01. The molecule has 3 atom stereocenters. The van der Waals surface area contributed by atoms with Gasteiger partial charge in [-0.25, -0.2) is 0 Å². The van der Waals surface area contributed by atoms with Crippen molar-refractivity contribution in [3.63, 3.8) is 0 Å². The first kappa shape index (κ1) is 71.7. The number of phosphoric acid groups is 1. The van der Waals surface area contributed by atoms with Gasteiger partial charge in [0, 0.05) is 12.8 Å². The molecular formula is C65H113N2O7P. The van der Waals surface area contributed by atoms with Gasteiger partial charge in [0.15, 0.2) is 0 Å². The van der Waals surface area contributed by atoms with Gasteiger partial charge in [-0.15, -0.1) is 0 Å². The molecule has 75 heavy (non-hydrogen) atoms. The van der Waals surface area contributed by atoms with Gasteiger partial charge in [-0.3, -0.25) is 14.2 Å². The fraction of sp³-hybridized carbons (Fsp3) is 0.692. The Kier molecular flexibility index (Phi) is 51.6. The second-order valence-electron chi connectivity index (χ2n) is 21.1. The van der Waals surface area contributed by atoms with E-state index in [1.54, 1.807) is 0 Å². The molecule has 10 heteroatoms. The highest BCUT2D eigenvalue weighted by Crippen LogP contribution is 2.38. The number of unbranched alkanes of at least 4 members (excludes halogenated alkanes) is 23. The maximum atomic E-state index is 13.5. The lowest BCUT2D eigenvalue weighted by atomic mass is 10.0. The number of carbonyl (C=O) groups excluding carboxylic acids is 2. The summed E-state index contributed by atoms with van der Waals surface area (Å²) in [6, 6.07) is -0.906. The normalized spacial score (nSPS) is 14.5. The molecule has 3 unspecified atom stereocenters. The first-order valence-electron chi connectivity index (χ1n) is 30.2. The van der Waals surface area contributed by atoms with Crippen LogP contribution in [0.1, 0.15) is 239 Å². The van der Waals surface area contributed by atoms with Crippen LogP contribution in [0, 0.1) is 0 Å². The van der Waals surface area contributed by atoms with Crippen LogP contribution in [0.3, 0.4) is 0 Å². The van der Waals surface area contributed by atoms with E-state index in [4.69, 9.17) is 13.8 Å². The van der Waals surface area contributed by atoms with Crippen molar-refractivity contribution in [3.8, 4) is 0 Å². The van der Waals surface area contributed by atoms with Crippen LogP contribution < -0.4 is 10.2 Å². The maximum absolute atomic E-state index is 13.5. The Morgan fingerprint density at radius 1 is 0.493 bits per heavy atom. The van der Waals surface area contributed by atoms with Crippen molar-refractivity contribution < 1.29 is 37.3 Å². The van der Waals surface area contributed by atoms with Crippen molar-refractivity contribution in [2.75, 3.05) is 40.9 Å². The van der Waals surface area contributed by atoms with Crippen molar-refractivity contribution in [1.29, 1.82) is 0 Å². The zero-order valence-corrected chi connectivity index (χ0v) is 49.9. The van der Waals surface area contributed by atoms with Gasteiger partial charge in [0.25, 0.3) is 7.82 Å². The minimum Gasteiger partial charge on any atom is -0.756 e. The molecule has 9 nitrogen and oxygen atoms in total. The summed E-state index contributed by atoms with van der Waals surface area (Å²) < 4.78 is 30.2. The summed E-state index contributed by atoms with van der Waals surface area (Å²) in [7, 11) is 1.15. The molecular weight excluding hydrogens is 952 g/mol. The number of ether oxygens (including phenoxy) is 1. The van der Waals surface area contributed by atoms with Crippen LogP contribution in [-0.2, 0) is 27.9 Å². The monoisotopic (exact) mass is 1060 g/mol. The van der Waals surface area contributed by atoms with Crippen LogP contribution in [-0.4, -0.2) is 69.4 Å². The molecule has 0 saturated carbocycles. The van der Waals surface area contributed by atoms with Gasteiger partial charge < -0.3 is 28.5 Å². The van der Waals surface area contributed by atoms with E-state index in [1.165, 1.54) is 77.0 Å². The minimum atomic E-state index is -4.71. The van der Waals surface area contributed by atoms with E-state index in [0.717, 1.165) is 122 Å². The third-order valence-electron chi connectivity index (χ3n) is 12.8. The topological polar surface area (TPSA) is 114 Å². The fourth-order valence-corrected chi connectivity index (χ4v) is 8.86. The highest BCUT2D eigenvalue weighted by Gasteiger charge is 2.27. The van der Waals surface area contributed by atoms with Crippen LogP contribution in [0.5, 0.6) is 0 Å². The lowest BCUT2D eigenvalue weighted by molar-refractivity contribution is -0.870. The molecule has 0 aliphatic heterocycles. The minimum absolute atomic E-state index is 0.0326. The second kappa shape index (κ2) is 54.0. The molecule has 0 aliphatic carbocycles. The van der Waals surface area contributed by atoms with Gasteiger partial charge in [0.2, 0.25) is 5.91 Å². The molecule has 0 fully saturated rings. The standard InChI is InChI=1S/C65H113N2O7P/c1-7-10-13-16-19-22-25-27-28-29-30-31-32-33-34-35-36-37-38-40-42-45-48-51-54-57-64(68)66-62(61-73-75(70,71)72-60-59-67(4,5)6)63(56-53-50-47-44-41-24-21-18-15-12-9-3)74-65(69)58-55-52-49-46-43-39-26-23-20-17-14-11-8-2/h10-11,13-14,17,19-20,22-23,26-28,30-31,33-34,53,56,62-63H,7-9,12,15-16,18,21,24-25,29,32,35-52,54-55,57-61H2,1-6H3,(H-,66,68,70,71)/b13-10-,14-11+,20-17+,22-19-,26-23-,28-27-,31-30-,34-33-,56-53-. The maximum Gasteiger partial charge on any atom is 0.306 e. The summed E-state index contributed by atoms with van der Waals surface area (Å²) >= 11 is 0. The Bertz CT molecular complexity index is 1650. The number of carbonyl (C=O) groups is 2. The molecule has 0 bridgehead atoms. The number of nitrogens with one attached hydrogen (secondary N) is 1. The number of likely N-dealkylation sites (N-methyl/N-ethyl adjacent to an activating group) is 1. The Labute approximate surface area is 461 Å². The van der Waals surface area contributed by atoms with Gasteiger partial charge in [-0.2, -0.15) is 0 Å². The van der Waals surface area contributed by atoms with Crippen molar-refractivity contribution >= 4 is 19.7 Å². The smallest absolute Gasteiger partial charge is 0.306 e. The molecule has 0 aliphatic rings. The van der Waals surface area contributed by atoms with Crippen molar-refractivity contribution in [3.05, 3.63) is 109 Å². The molecule has 1 N–H and O–H groups in total. The number of hydrogen-bond acceptors (Lipinski definition) is 7. The van der Waals surface area contributed by atoms with E-state index in [9.17, 15) is 19.0 Å². The van der Waals surface area contributed by atoms with Crippen LogP contribution in [0.4, 0.5) is 0 Å². The number of hydrogen-bond donors (Lipinski definition) is 1. The highest BCUT2D eigenvalue weighted by atomic mass is 31.2. The van der Waals surface area contributed by atoms with E-state index in [2.05, 4.69) is 117 Å². The molecule has 430 valence electrons. The highest BCUT2D eigenvalue weighted by molar-refractivity contribution is 7.45. The number of phosphoric ester groups is 1. The van der Waals surface area contributed by atoms with Gasteiger partial charge in [0.1, 0.15) is 19.3 Å². The number of allylic oxidation sites excluding steroid dienone is 17. The quantitative estimate of drug-likeness (QED) is 0.0161. The molecule has 0 heterocycles. The lowest BCUT2D eigenvalue weighted by Crippen LogP contribution is -2.47. The zero-order valence-electron chi connectivity index (χ0n) is 49.0. The Morgan fingerprint density at radius 2 is 0.920 bits per heavy atom. The first-order chi connectivity index (χ1) is 36.4. The first-order valence-corrected chi connectivity index (χ1v) is 31.7. The summed E-state index contributed by atoms with van der Waals surface area (Å²) in [5.74, 6) is -0.580. The van der Waals surface area contributed by atoms with E-state index < -0.39 is 26.6 Å². The van der Waals surface area contributed by atoms with E-state index in [1.807, 2.05) is 39.4 Å². The van der Waals surface area contributed by atoms with E-state index in [0.29, 0.717) is 23.9 Å². The van der Waals surface area contributed by atoms with Crippen molar-refractivity contribution in [2.45, 2.75) is 251 Å². The van der Waals surface area contributed by atoms with Gasteiger partial charge in [-0.05, 0) is 96.0 Å². The average molecular weight is 1070 g/mol. The molecule has 0 aromatic rings. The molecule has 0 spiro atoms. The third-order valence-corrected chi connectivity index (χ3v) is 13.7. The van der Waals surface area contributed by atoms with Crippen LogP contribution in [0.25, 0.3) is 0 Å². The summed E-state index contributed by atoms with van der Waals surface area (Å²) in [6.07, 6.45) is 73.5. The van der Waals surface area contributed by atoms with Crippen LogP contribution in [0.15, 0.2) is 109 Å². The van der Waals surface area contributed by atoms with Crippen LogP contribution in [0.2, 0.25) is 0 Å². The Hall–Kier alpha value is -3.33. The average Bonchev–Trinajstić information content (AvgIpc) is 3.37. The largest absolute Gasteiger partial charge is 0.756 e. The molecule has 1 amide bonds. The summed E-state index contributed by atoms with van der Waals surface area (Å²) in [6.45, 7) is 6.55. The van der Waals surface area contributed by atoms with Gasteiger partial charge >= 0.3 is 5.97 Å². The fourth-order valence-electron chi connectivity index (χ4n) is 8.14. The van der Waals surface area contributed by atoms with E-state index in [-0.39, 0.29) is 24.9 Å². The molecule has 0 radical (unpaired) electrons. The van der Waals surface area contributed by atoms with Gasteiger partial charge in [0.05, 0.1) is 33.8 Å². The van der Waals surface area contributed by atoms with Crippen LogP contribution >= 0.6 is 7.82 Å². The summed E-state index contributed by atoms with van der Waals surface area (Å²) in [5.41, 5.74) is 0. The number of esters is 1. The third kappa shape index (κ3) is 55.2. The van der Waals surface area contributed by atoms with Gasteiger partial charge in [-0.1, -0.05) is 240 Å². The van der Waals surface area contributed by atoms with Crippen molar-refractivity contribution in [1.82, 2.24) is 5.32 Å². The predicted molar refractivity (Wildman–Crippen MR) is 320 cm³/mol. The SMILES string of the molecule is CC/C=C\C/C=C\C/C=C\C/C=C\C/C=C\CCCCCCCCCCCC(=O)NC(COP(=O)([O-])OCC[N+](C)(C)C)C(/C=C\CCCCCCCCCCC)OC(=O)CCCCCCC\C=C/C=C/C=C/CC. The Morgan fingerprint density at radius 3 is 1.43 bits per heavy atom. The molecule has 0 saturated heterocycles. The molecule has 0 aromatic carbocycles. The van der Waals surface area contributed by atoms with Crippen molar-refractivity contribution in [2.24, 2.45) is 0 Å². The zero-order chi connectivity index (χ0) is 55.0.